The lowest BCUT2D eigenvalue weighted by Crippen LogP contribution is -2.35. The number of benzene rings is 4. The van der Waals surface area contributed by atoms with Gasteiger partial charge < -0.3 is 19.9 Å². The second kappa shape index (κ2) is 14.5. The van der Waals surface area contributed by atoms with E-state index < -0.39 is 39.4 Å². The number of aromatic nitrogens is 4. The SMILES string of the molecule is COc1ccc(CCS(=O)(=O)Nc2nn(C)c3c(-n4c(C(Cc5cc(F)cc(F)c5)NC(=O)O)nc5cc(OC)ccc5c4=O)ccc(Cl)c23)cc1. The maximum Gasteiger partial charge on any atom is 0.405 e. The molecule has 0 aliphatic rings. The highest BCUT2D eigenvalue weighted by Gasteiger charge is 2.28. The highest BCUT2D eigenvalue weighted by atomic mass is 35.5. The Balaban J connectivity index is 1.51. The maximum absolute atomic E-state index is 14.4. The number of sulfonamides is 1. The van der Waals surface area contributed by atoms with Crippen LogP contribution in [0.1, 0.15) is 23.0 Å². The van der Waals surface area contributed by atoms with Crippen molar-refractivity contribution in [1.82, 2.24) is 24.6 Å². The monoisotopic (exact) mass is 752 g/mol. The smallest absolute Gasteiger partial charge is 0.405 e. The molecule has 1 atom stereocenters. The Kier molecular flexibility index (Phi) is 10.0. The summed E-state index contributed by atoms with van der Waals surface area (Å²) in [5.41, 5.74) is 0.665. The number of fused-ring (bicyclic) bond motifs is 2. The van der Waals surface area contributed by atoms with Crippen LogP contribution in [0.2, 0.25) is 5.02 Å². The Hall–Kier alpha value is -5.74. The highest BCUT2D eigenvalue weighted by Crippen LogP contribution is 2.36. The number of hydrogen-bond acceptors (Lipinski definition) is 8. The van der Waals surface area contributed by atoms with E-state index in [-0.39, 0.29) is 68.3 Å². The molecule has 6 rings (SSSR count). The predicted molar refractivity (Wildman–Crippen MR) is 191 cm³/mol. The van der Waals surface area contributed by atoms with E-state index in [0.29, 0.717) is 17.6 Å². The number of hydrogen-bond donors (Lipinski definition) is 3. The first-order valence-electron chi connectivity index (χ1n) is 15.6. The summed E-state index contributed by atoms with van der Waals surface area (Å²) >= 11 is 6.66. The largest absolute Gasteiger partial charge is 0.497 e. The van der Waals surface area contributed by atoms with E-state index in [4.69, 9.17) is 26.1 Å². The van der Waals surface area contributed by atoms with E-state index in [1.54, 1.807) is 30.3 Å². The van der Waals surface area contributed by atoms with Crippen molar-refractivity contribution in [3.8, 4) is 17.2 Å². The summed E-state index contributed by atoms with van der Waals surface area (Å²) in [6.45, 7) is 0. The molecule has 17 heteroatoms. The number of ether oxygens (including phenoxy) is 2. The third-order valence-corrected chi connectivity index (χ3v) is 9.86. The minimum Gasteiger partial charge on any atom is -0.497 e. The van der Waals surface area contributed by atoms with Crippen LogP contribution in [0.4, 0.5) is 19.4 Å². The topological polar surface area (TPSA) is 167 Å². The molecule has 0 fully saturated rings. The van der Waals surface area contributed by atoms with Gasteiger partial charge in [-0.3, -0.25) is 18.8 Å². The zero-order valence-corrected chi connectivity index (χ0v) is 29.4. The number of anilines is 1. The highest BCUT2D eigenvalue weighted by molar-refractivity contribution is 7.92. The molecule has 13 nitrogen and oxygen atoms in total. The lowest BCUT2D eigenvalue weighted by molar-refractivity contribution is 0.189. The van der Waals surface area contributed by atoms with Gasteiger partial charge in [0.25, 0.3) is 5.56 Å². The Bertz CT molecular complexity index is 2490. The molecule has 0 saturated carbocycles. The first-order valence-corrected chi connectivity index (χ1v) is 17.6. The van der Waals surface area contributed by atoms with Crippen molar-refractivity contribution in [1.29, 1.82) is 0 Å². The van der Waals surface area contributed by atoms with Gasteiger partial charge in [-0.2, -0.15) is 5.10 Å². The molecule has 3 N–H and O–H groups in total. The fourth-order valence-electron chi connectivity index (χ4n) is 5.95. The number of rotatable bonds is 12. The van der Waals surface area contributed by atoms with Gasteiger partial charge in [0, 0.05) is 25.6 Å². The molecular weight excluding hydrogens is 722 g/mol. The summed E-state index contributed by atoms with van der Waals surface area (Å²) in [5.74, 6) is -1.32. The minimum atomic E-state index is -3.99. The molecular formula is C35H31ClF2N6O7S. The van der Waals surface area contributed by atoms with Gasteiger partial charge in [-0.05, 0) is 66.1 Å². The van der Waals surface area contributed by atoms with Gasteiger partial charge in [-0.1, -0.05) is 23.7 Å². The van der Waals surface area contributed by atoms with Gasteiger partial charge in [0.05, 0.1) is 58.5 Å². The molecule has 0 aliphatic heterocycles. The van der Waals surface area contributed by atoms with Crippen molar-refractivity contribution in [3.05, 3.63) is 117 Å². The third-order valence-electron chi connectivity index (χ3n) is 8.30. The Morgan fingerprint density at radius 2 is 1.63 bits per heavy atom. The predicted octanol–water partition coefficient (Wildman–Crippen LogP) is 5.76. The fourth-order valence-corrected chi connectivity index (χ4v) is 7.24. The molecule has 1 amide bonds. The normalized spacial score (nSPS) is 12.2. The van der Waals surface area contributed by atoms with Gasteiger partial charge in [-0.25, -0.2) is 27.0 Å². The van der Waals surface area contributed by atoms with E-state index in [9.17, 15) is 31.9 Å². The minimum absolute atomic E-state index is 0.0795. The van der Waals surface area contributed by atoms with E-state index in [1.165, 1.54) is 50.2 Å². The molecule has 1 unspecified atom stereocenters. The lowest BCUT2D eigenvalue weighted by atomic mass is 10.0. The van der Waals surface area contributed by atoms with Crippen molar-refractivity contribution in [2.45, 2.75) is 18.9 Å². The van der Waals surface area contributed by atoms with Crippen molar-refractivity contribution < 1.29 is 36.6 Å². The number of carboxylic acid groups (broad SMARTS) is 1. The lowest BCUT2D eigenvalue weighted by Gasteiger charge is -2.22. The summed E-state index contributed by atoms with van der Waals surface area (Å²) in [6, 6.07) is 15.8. The molecule has 0 saturated heterocycles. The number of nitrogens with zero attached hydrogens (tertiary/aromatic N) is 4. The summed E-state index contributed by atoms with van der Waals surface area (Å²) in [5, 5.41) is 17.0. The van der Waals surface area contributed by atoms with Crippen molar-refractivity contribution in [3.63, 3.8) is 0 Å². The molecule has 4 aromatic carbocycles. The summed E-state index contributed by atoms with van der Waals surface area (Å²) in [4.78, 5) is 31.3. The number of nitrogens with one attached hydrogen (secondary N) is 2. The Morgan fingerprint density at radius 3 is 2.29 bits per heavy atom. The number of halogens is 3. The van der Waals surface area contributed by atoms with Crippen LogP contribution >= 0.6 is 11.6 Å². The van der Waals surface area contributed by atoms with Crippen molar-refractivity contribution >= 4 is 55.3 Å². The Morgan fingerprint density at radius 1 is 0.962 bits per heavy atom. The maximum atomic E-state index is 14.4. The van der Waals surface area contributed by atoms with Crippen molar-refractivity contribution in [2.24, 2.45) is 7.05 Å². The molecule has 0 bridgehead atoms. The second-order valence-corrected chi connectivity index (χ2v) is 14.0. The number of methoxy groups -OCH3 is 2. The van der Waals surface area contributed by atoms with Crippen LogP contribution in [-0.2, 0) is 29.9 Å². The second-order valence-electron chi connectivity index (χ2n) is 11.8. The van der Waals surface area contributed by atoms with Crippen LogP contribution in [0.5, 0.6) is 11.5 Å². The molecule has 2 aromatic heterocycles. The third kappa shape index (κ3) is 7.48. The van der Waals surface area contributed by atoms with Crippen LogP contribution in [0.3, 0.4) is 0 Å². The van der Waals surface area contributed by atoms with E-state index >= 15 is 0 Å². The molecule has 6 aromatic rings. The molecule has 2 heterocycles. The van der Waals surface area contributed by atoms with E-state index in [2.05, 4.69) is 15.1 Å². The van der Waals surface area contributed by atoms with Gasteiger partial charge in [-0.15, -0.1) is 0 Å². The number of amides is 1. The van der Waals surface area contributed by atoms with Gasteiger partial charge >= 0.3 is 6.09 Å². The molecule has 0 aliphatic carbocycles. The number of carbonyl (C=O) groups is 1. The van der Waals surface area contributed by atoms with Gasteiger partial charge in [0.15, 0.2) is 5.82 Å². The molecule has 270 valence electrons. The van der Waals surface area contributed by atoms with E-state index in [0.717, 1.165) is 22.3 Å². The van der Waals surface area contributed by atoms with Crippen LogP contribution in [-0.4, -0.2) is 58.9 Å². The van der Waals surface area contributed by atoms with Crippen LogP contribution in [0.25, 0.3) is 27.5 Å². The van der Waals surface area contributed by atoms with Crippen LogP contribution in [0.15, 0.2) is 77.6 Å². The van der Waals surface area contributed by atoms with Gasteiger partial charge in [0.2, 0.25) is 10.0 Å². The summed E-state index contributed by atoms with van der Waals surface area (Å²) < 4.78 is 70.6. The molecule has 0 radical (unpaired) electrons. The number of aryl methyl sites for hydroxylation is 2. The molecule has 52 heavy (non-hydrogen) atoms. The zero-order valence-electron chi connectivity index (χ0n) is 27.9. The average Bonchev–Trinajstić information content (AvgIpc) is 3.42. The zero-order chi connectivity index (χ0) is 37.3. The Labute approximate surface area is 300 Å². The summed E-state index contributed by atoms with van der Waals surface area (Å²) in [7, 11) is 0.487. The fraction of sp³-hybridized carbons (Fsp3) is 0.200. The first kappa shape index (κ1) is 36.1. The average molecular weight is 753 g/mol. The van der Waals surface area contributed by atoms with Crippen molar-refractivity contribution in [2.75, 3.05) is 24.7 Å². The standard InChI is InChI=1S/C35H31ClF2N6O7S/c1-43-31-29(11-10-26(36)30(31)32(41-43)42-52(48,49)13-12-19-4-6-23(50-2)7-5-19)44-33(39-27-18-24(51-3)8-9-25(27)34(44)45)28(40-35(46)47)16-20-14-21(37)17-22(38)15-20/h4-11,14-15,17-18,28,40H,12-13,16H2,1-3H3,(H,41,42)(H,46,47). The first-order chi connectivity index (χ1) is 24.8. The quantitative estimate of drug-likeness (QED) is 0.141. The van der Waals surface area contributed by atoms with Crippen LogP contribution < -0.4 is 25.1 Å². The van der Waals surface area contributed by atoms with Crippen LogP contribution in [0, 0.1) is 11.6 Å². The van der Waals surface area contributed by atoms with E-state index in [1.807, 2.05) is 0 Å². The molecule has 0 spiro atoms. The summed E-state index contributed by atoms with van der Waals surface area (Å²) in [6.07, 6.45) is -1.63. The van der Waals surface area contributed by atoms with Gasteiger partial charge in [0.1, 0.15) is 29.0 Å².